The van der Waals surface area contributed by atoms with Crippen LogP contribution < -0.4 is 5.32 Å². The number of rotatable bonds is 4. The highest BCUT2D eigenvalue weighted by atomic mass is 32.1. The summed E-state index contributed by atoms with van der Waals surface area (Å²) in [5.41, 5.74) is 0.939. The molecule has 1 aromatic rings. The Labute approximate surface area is 131 Å². The summed E-state index contributed by atoms with van der Waals surface area (Å²) in [6.07, 6.45) is 3.52. The van der Waals surface area contributed by atoms with Crippen LogP contribution in [0.15, 0.2) is 5.38 Å². The summed E-state index contributed by atoms with van der Waals surface area (Å²) in [6.45, 7) is 10.3. The molecule has 0 aliphatic carbocycles. The lowest BCUT2D eigenvalue weighted by atomic mass is 9.94. The molecule has 2 fully saturated rings. The molecule has 5 heteroatoms. The van der Waals surface area contributed by atoms with Gasteiger partial charge in [-0.05, 0) is 47.0 Å². The van der Waals surface area contributed by atoms with Gasteiger partial charge in [-0.3, -0.25) is 0 Å². The molecule has 2 saturated heterocycles. The van der Waals surface area contributed by atoms with E-state index in [2.05, 4.69) is 38.4 Å². The molecule has 21 heavy (non-hydrogen) atoms. The van der Waals surface area contributed by atoms with Crippen LogP contribution in [0.4, 0.5) is 0 Å². The van der Waals surface area contributed by atoms with E-state index in [9.17, 15) is 0 Å². The van der Waals surface area contributed by atoms with Gasteiger partial charge in [-0.2, -0.15) is 0 Å². The van der Waals surface area contributed by atoms with E-state index in [0.29, 0.717) is 6.04 Å². The van der Waals surface area contributed by atoms with Crippen LogP contribution in [0, 0.1) is 0 Å². The van der Waals surface area contributed by atoms with E-state index >= 15 is 0 Å². The summed E-state index contributed by atoms with van der Waals surface area (Å²) >= 11 is 1.72. The van der Waals surface area contributed by atoms with Crippen molar-refractivity contribution >= 4 is 11.3 Å². The van der Waals surface area contributed by atoms with Crippen molar-refractivity contribution < 1.29 is 9.47 Å². The molecule has 0 radical (unpaired) electrons. The van der Waals surface area contributed by atoms with Crippen molar-refractivity contribution in [2.45, 2.75) is 76.9 Å². The van der Waals surface area contributed by atoms with Crippen molar-refractivity contribution in [1.29, 1.82) is 0 Å². The van der Waals surface area contributed by atoms with Crippen molar-refractivity contribution in [3.8, 4) is 0 Å². The fraction of sp³-hybridized carbons (Fsp3) is 0.812. The second-order valence-electron chi connectivity index (χ2n) is 7.28. The average Bonchev–Trinajstić information content (AvgIpc) is 3.05. The second kappa shape index (κ2) is 5.61. The van der Waals surface area contributed by atoms with Gasteiger partial charge in [0, 0.05) is 24.6 Å². The van der Waals surface area contributed by atoms with Crippen LogP contribution in [0.1, 0.15) is 63.8 Å². The molecule has 4 nitrogen and oxygen atoms in total. The van der Waals surface area contributed by atoms with Crippen molar-refractivity contribution in [3.05, 3.63) is 16.1 Å². The monoisotopic (exact) mass is 310 g/mol. The Morgan fingerprint density at radius 2 is 2.19 bits per heavy atom. The van der Waals surface area contributed by atoms with E-state index in [4.69, 9.17) is 14.5 Å². The Bertz CT molecular complexity index is 492. The Kier molecular flexibility index (Phi) is 4.12. The number of nitrogens with one attached hydrogen (secondary N) is 1. The second-order valence-corrected chi connectivity index (χ2v) is 8.17. The molecule has 3 heterocycles. The lowest BCUT2D eigenvalue weighted by Crippen LogP contribution is -2.43. The van der Waals surface area contributed by atoms with Gasteiger partial charge in [-0.25, -0.2) is 4.98 Å². The van der Waals surface area contributed by atoms with Crippen LogP contribution in [0.25, 0.3) is 0 Å². The SMILES string of the molecule is CC1(C)C[C@@H](NCc2csc([C@@H]3CCCO3)n2)C(C)(C)O1. The van der Waals surface area contributed by atoms with Crippen LogP contribution in [0.5, 0.6) is 0 Å². The van der Waals surface area contributed by atoms with Crippen molar-refractivity contribution in [1.82, 2.24) is 10.3 Å². The first-order valence-electron chi connectivity index (χ1n) is 7.85. The maximum atomic E-state index is 6.12. The maximum absolute atomic E-state index is 6.12. The minimum absolute atomic E-state index is 0.0495. The number of nitrogens with zero attached hydrogens (tertiary/aromatic N) is 1. The zero-order valence-corrected chi connectivity index (χ0v) is 14.3. The molecule has 1 N–H and O–H groups in total. The molecule has 118 valence electrons. The van der Waals surface area contributed by atoms with Gasteiger partial charge in [0.05, 0.1) is 16.9 Å². The van der Waals surface area contributed by atoms with Crippen LogP contribution >= 0.6 is 11.3 Å². The summed E-state index contributed by atoms with van der Waals surface area (Å²) in [6, 6.07) is 0.361. The molecule has 2 aliphatic heterocycles. The van der Waals surface area contributed by atoms with Crippen molar-refractivity contribution in [2.75, 3.05) is 6.61 Å². The van der Waals surface area contributed by atoms with Gasteiger partial charge in [0.15, 0.2) is 0 Å². The summed E-state index contributed by atoms with van der Waals surface area (Å²) < 4.78 is 11.8. The predicted octanol–water partition coefficient (Wildman–Crippen LogP) is 3.43. The van der Waals surface area contributed by atoms with E-state index in [-0.39, 0.29) is 17.3 Å². The first-order chi connectivity index (χ1) is 9.86. The standard InChI is InChI=1S/C16H26N2O2S/c1-15(2)8-13(16(3,4)20-15)17-9-11-10-21-14(18-11)12-6-5-7-19-12/h10,12-13,17H,5-9H2,1-4H3/t12-,13+/m0/s1. The average molecular weight is 310 g/mol. The first-order valence-corrected chi connectivity index (χ1v) is 8.73. The Balaban J connectivity index is 1.58. The third kappa shape index (κ3) is 3.47. The number of hydrogen-bond donors (Lipinski definition) is 1. The van der Waals surface area contributed by atoms with Crippen LogP contribution in [-0.4, -0.2) is 28.8 Å². The molecular formula is C16H26N2O2S. The summed E-state index contributed by atoms with van der Waals surface area (Å²) in [5.74, 6) is 0. The van der Waals surface area contributed by atoms with Gasteiger partial charge in [0.2, 0.25) is 0 Å². The molecule has 2 aliphatic rings. The van der Waals surface area contributed by atoms with E-state index < -0.39 is 0 Å². The molecule has 0 amide bonds. The third-order valence-corrected chi connectivity index (χ3v) is 5.36. The zero-order chi connectivity index (χ0) is 15.1. The molecule has 2 atom stereocenters. The summed E-state index contributed by atoms with van der Waals surface area (Å²) in [5, 5.41) is 6.91. The normalized spacial score (nSPS) is 30.9. The summed E-state index contributed by atoms with van der Waals surface area (Å²) in [7, 11) is 0. The maximum Gasteiger partial charge on any atom is 0.122 e. The van der Waals surface area contributed by atoms with Gasteiger partial charge in [0.25, 0.3) is 0 Å². The van der Waals surface area contributed by atoms with Gasteiger partial charge >= 0.3 is 0 Å². The van der Waals surface area contributed by atoms with Crippen LogP contribution in [0.2, 0.25) is 0 Å². The lowest BCUT2D eigenvalue weighted by molar-refractivity contribution is -0.0699. The molecule has 0 aromatic carbocycles. The van der Waals surface area contributed by atoms with Gasteiger partial charge in [-0.15, -0.1) is 11.3 Å². The highest BCUT2D eigenvalue weighted by Crippen LogP contribution is 2.37. The fourth-order valence-corrected chi connectivity index (χ4v) is 4.33. The minimum Gasteiger partial charge on any atom is -0.371 e. The number of aromatic nitrogens is 1. The van der Waals surface area contributed by atoms with Crippen LogP contribution in [0.3, 0.4) is 0 Å². The fourth-order valence-electron chi connectivity index (χ4n) is 3.43. The van der Waals surface area contributed by atoms with E-state index in [0.717, 1.165) is 43.1 Å². The van der Waals surface area contributed by atoms with Crippen molar-refractivity contribution in [3.63, 3.8) is 0 Å². The molecule has 0 unspecified atom stereocenters. The summed E-state index contributed by atoms with van der Waals surface area (Å²) in [4.78, 5) is 4.73. The molecule has 3 rings (SSSR count). The van der Waals surface area contributed by atoms with Crippen molar-refractivity contribution in [2.24, 2.45) is 0 Å². The number of hydrogen-bond acceptors (Lipinski definition) is 5. The Hall–Kier alpha value is -0.490. The predicted molar refractivity (Wildman–Crippen MR) is 84.5 cm³/mol. The molecule has 0 spiro atoms. The van der Waals surface area contributed by atoms with Gasteiger partial charge in [0.1, 0.15) is 11.1 Å². The molecule has 0 bridgehead atoms. The smallest absolute Gasteiger partial charge is 0.122 e. The molecule has 0 saturated carbocycles. The highest BCUT2D eigenvalue weighted by Gasteiger charge is 2.45. The van der Waals surface area contributed by atoms with E-state index in [1.807, 2.05) is 0 Å². The Morgan fingerprint density at radius 1 is 1.38 bits per heavy atom. The van der Waals surface area contributed by atoms with E-state index in [1.165, 1.54) is 0 Å². The number of thiazole rings is 1. The lowest BCUT2D eigenvalue weighted by Gasteiger charge is -2.27. The quantitative estimate of drug-likeness (QED) is 0.925. The first kappa shape index (κ1) is 15.4. The van der Waals surface area contributed by atoms with Gasteiger partial charge in [-0.1, -0.05) is 0 Å². The zero-order valence-electron chi connectivity index (χ0n) is 13.4. The van der Waals surface area contributed by atoms with E-state index in [1.54, 1.807) is 11.3 Å². The third-order valence-electron chi connectivity index (χ3n) is 4.38. The minimum atomic E-state index is -0.128. The number of ether oxygens (including phenoxy) is 2. The Morgan fingerprint density at radius 3 is 2.81 bits per heavy atom. The topological polar surface area (TPSA) is 43.4 Å². The molecule has 1 aromatic heterocycles. The van der Waals surface area contributed by atoms with Gasteiger partial charge < -0.3 is 14.8 Å². The van der Waals surface area contributed by atoms with Crippen LogP contribution in [-0.2, 0) is 16.0 Å². The largest absolute Gasteiger partial charge is 0.371 e. The molecular weight excluding hydrogens is 284 g/mol. The highest BCUT2D eigenvalue weighted by molar-refractivity contribution is 7.09.